The average molecular weight is 239 g/mol. The smallest absolute Gasteiger partial charge is 0.260 e. The molecule has 2 fully saturated rings. The summed E-state index contributed by atoms with van der Waals surface area (Å²) in [6.07, 6.45) is 6.91. The van der Waals surface area contributed by atoms with Gasteiger partial charge >= 0.3 is 0 Å². The van der Waals surface area contributed by atoms with Crippen LogP contribution in [0.5, 0.6) is 0 Å². The fourth-order valence-electron chi connectivity index (χ4n) is 3.10. The van der Waals surface area contributed by atoms with E-state index in [-0.39, 0.29) is 0 Å². The summed E-state index contributed by atoms with van der Waals surface area (Å²) in [5.41, 5.74) is 0. The van der Waals surface area contributed by atoms with Crippen molar-refractivity contribution < 1.29 is 4.74 Å². The van der Waals surface area contributed by atoms with Crippen molar-refractivity contribution >= 4 is 25.2 Å². The van der Waals surface area contributed by atoms with Crippen molar-refractivity contribution in [3.05, 3.63) is 0 Å². The first-order valence-corrected chi connectivity index (χ1v) is 7.01. The van der Waals surface area contributed by atoms with Crippen molar-refractivity contribution in [3.63, 3.8) is 0 Å². The molecule has 2 rings (SSSR count). The van der Waals surface area contributed by atoms with E-state index in [9.17, 15) is 0 Å². The van der Waals surface area contributed by atoms with Gasteiger partial charge in [-0.2, -0.15) is 0 Å². The van der Waals surface area contributed by atoms with Crippen molar-refractivity contribution in [2.45, 2.75) is 70.0 Å². The minimum atomic E-state index is 0.343. The van der Waals surface area contributed by atoms with Crippen molar-refractivity contribution in [2.75, 3.05) is 0 Å². The van der Waals surface area contributed by atoms with E-state index >= 15 is 0 Å². The molecule has 2 nitrogen and oxygen atoms in total. The fraction of sp³-hybridized carbons (Fsp3) is 0.917. The third kappa shape index (κ3) is 2.22. The molecule has 1 aliphatic carbocycles. The zero-order chi connectivity index (χ0) is 11.7. The number of fused-ring (bicyclic) bond motifs is 1. The van der Waals surface area contributed by atoms with Gasteiger partial charge in [0.2, 0.25) is 0 Å². The second kappa shape index (κ2) is 4.95. The summed E-state index contributed by atoms with van der Waals surface area (Å²) >= 11 is 5.38. The Labute approximate surface area is 105 Å². The lowest BCUT2D eigenvalue weighted by Crippen LogP contribution is -2.42. The Bertz CT molecular complexity index is 272. The van der Waals surface area contributed by atoms with Crippen LogP contribution in [0.4, 0.5) is 0 Å². The highest BCUT2D eigenvalue weighted by Gasteiger charge is 2.42. The normalized spacial score (nSPS) is 35.6. The van der Waals surface area contributed by atoms with Gasteiger partial charge in [-0.1, -0.05) is 25.7 Å². The number of rotatable bonds is 1. The fourth-order valence-corrected chi connectivity index (χ4v) is 3.56. The van der Waals surface area contributed by atoms with Gasteiger partial charge in [-0.05, 0) is 38.3 Å². The lowest BCUT2D eigenvalue weighted by atomic mass is 9.73. The lowest BCUT2D eigenvalue weighted by molar-refractivity contribution is 0.152. The van der Waals surface area contributed by atoms with E-state index in [2.05, 4.69) is 26.6 Å². The first-order chi connectivity index (χ1) is 7.61. The van der Waals surface area contributed by atoms with Crippen LogP contribution in [0.3, 0.4) is 0 Å². The Balaban J connectivity index is 2.16. The van der Waals surface area contributed by atoms with Crippen LogP contribution in [0.2, 0.25) is 5.82 Å². The number of hydrogen-bond acceptors (Lipinski definition) is 2. The van der Waals surface area contributed by atoms with Crippen molar-refractivity contribution in [1.82, 2.24) is 4.90 Å². The van der Waals surface area contributed by atoms with E-state index in [1.165, 1.54) is 32.1 Å². The first-order valence-electron chi connectivity index (χ1n) is 6.60. The van der Waals surface area contributed by atoms with Crippen molar-refractivity contribution in [2.24, 2.45) is 0 Å². The molecule has 1 aliphatic heterocycles. The molecule has 0 N–H and O–H groups in total. The van der Waals surface area contributed by atoms with E-state index in [1.807, 2.05) is 0 Å². The molecule has 0 bridgehead atoms. The van der Waals surface area contributed by atoms with Crippen LogP contribution in [0.1, 0.15) is 46.0 Å². The van der Waals surface area contributed by atoms with Gasteiger partial charge in [0.15, 0.2) is 0 Å². The maximum absolute atomic E-state index is 5.94. The Morgan fingerprint density at radius 2 is 2.00 bits per heavy atom. The van der Waals surface area contributed by atoms with Gasteiger partial charge in [-0.25, -0.2) is 0 Å². The summed E-state index contributed by atoms with van der Waals surface area (Å²) in [5.74, 6) is 0.645. The maximum atomic E-state index is 5.94. The zero-order valence-corrected chi connectivity index (χ0v) is 11.4. The minimum absolute atomic E-state index is 0.343. The molecule has 3 atom stereocenters. The Morgan fingerprint density at radius 1 is 1.31 bits per heavy atom. The molecule has 0 aromatic carbocycles. The molecule has 0 spiro atoms. The lowest BCUT2D eigenvalue weighted by Gasteiger charge is -2.32. The molecule has 0 aromatic heterocycles. The second-order valence-corrected chi connectivity index (χ2v) is 5.88. The zero-order valence-electron chi connectivity index (χ0n) is 10.6. The quantitative estimate of drug-likeness (QED) is 0.514. The van der Waals surface area contributed by atoms with E-state index in [4.69, 9.17) is 17.0 Å². The van der Waals surface area contributed by atoms with Gasteiger partial charge in [-0.3, -0.25) is 0 Å². The minimum Gasteiger partial charge on any atom is -0.466 e. The van der Waals surface area contributed by atoms with E-state index < -0.39 is 0 Å². The molecule has 4 heteroatoms. The topological polar surface area (TPSA) is 12.5 Å². The molecular formula is C12H22BNOS. The summed E-state index contributed by atoms with van der Waals surface area (Å²) in [7, 11) is 2.31. The van der Waals surface area contributed by atoms with Crippen LogP contribution in [0.15, 0.2) is 0 Å². The van der Waals surface area contributed by atoms with E-state index in [0.717, 1.165) is 5.17 Å². The summed E-state index contributed by atoms with van der Waals surface area (Å²) in [6, 6.07) is 0.997. The van der Waals surface area contributed by atoms with Crippen LogP contribution in [-0.2, 0) is 4.74 Å². The van der Waals surface area contributed by atoms with Crippen LogP contribution < -0.4 is 0 Å². The maximum Gasteiger partial charge on any atom is 0.260 e. The van der Waals surface area contributed by atoms with Crippen LogP contribution in [0, 0.1) is 0 Å². The van der Waals surface area contributed by atoms with Crippen LogP contribution in [-0.4, -0.2) is 36.1 Å². The molecule has 0 radical (unpaired) electrons. The number of hydrogen-bond donors (Lipinski definition) is 0. The third-order valence-corrected chi connectivity index (χ3v) is 4.27. The Kier molecular flexibility index (Phi) is 3.78. The number of nitrogens with zero attached hydrogens (tertiary/aromatic N) is 1. The molecule has 0 amide bonds. The molecular weight excluding hydrogens is 217 g/mol. The number of thiocarbonyl (C=S) groups is 1. The predicted octanol–water partition coefficient (Wildman–Crippen LogP) is 2.13. The highest BCUT2D eigenvalue weighted by Crippen LogP contribution is 2.36. The molecule has 90 valence electrons. The third-order valence-electron chi connectivity index (χ3n) is 3.96. The van der Waals surface area contributed by atoms with Gasteiger partial charge < -0.3 is 9.64 Å². The van der Waals surface area contributed by atoms with Gasteiger partial charge in [0, 0.05) is 6.04 Å². The molecule has 1 saturated heterocycles. The monoisotopic (exact) mass is 239 g/mol. The van der Waals surface area contributed by atoms with Crippen molar-refractivity contribution in [3.8, 4) is 0 Å². The average Bonchev–Trinajstić information content (AvgIpc) is 2.52. The summed E-state index contributed by atoms with van der Waals surface area (Å²) in [5, 5.41) is 0.735. The van der Waals surface area contributed by atoms with E-state index in [0.29, 0.717) is 24.0 Å². The van der Waals surface area contributed by atoms with Gasteiger partial charge in [0.05, 0.1) is 6.04 Å². The molecule has 1 heterocycles. The highest BCUT2D eigenvalue weighted by molar-refractivity contribution is 7.80. The second-order valence-electron chi connectivity index (χ2n) is 5.53. The standard InChI is InChI=1S/C12H22BNOS/c1-8(2)14-10-7-5-3-4-6-9(13)11(10)15-12(14)16/h8-11H,3-7,13H2,1-2H3. The molecule has 1 saturated carbocycles. The highest BCUT2D eigenvalue weighted by atomic mass is 32.1. The Hall–Kier alpha value is -0.245. The van der Waals surface area contributed by atoms with Crippen LogP contribution >= 0.6 is 12.2 Å². The summed E-state index contributed by atoms with van der Waals surface area (Å²) in [6.45, 7) is 4.42. The van der Waals surface area contributed by atoms with E-state index in [1.54, 1.807) is 0 Å². The molecule has 0 aromatic rings. The van der Waals surface area contributed by atoms with Crippen LogP contribution in [0.25, 0.3) is 0 Å². The SMILES string of the molecule is BC1CCCCCC2C1OC(=S)N2C(C)C. The predicted molar refractivity (Wildman–Crippen MR) is 73.6 cm³/mol. The van der Waals surface area contributed by atoms with Gasteiger partial charge in [-0.15, -0.1) is 0 Å². The first kappa shape index (κ1) is 12.2. The molecule has 3 unspecified atom stereocenters. The summed E-state index contributed by atoms with van der Waals surface area (Å²) < 4.78 is 5.94. The van der Waals surface area contributed by atoms with Gasteiger partial charge in [0.25, 0.3) is 5.17 Å². The van der Waals surface area contributed by atoms with Crippen molar-refractivity contribution in [1.29, 1.82) is 0 Å². The Morgan fingerprint density at radius 3 is 2.69 bits per heavy atom. The summed E-state index contributed by atoms with van der Waals surface area (Å²) in [4.78, 5) is 2.32. The molecule has 2 aliphatic rings. The number of ether oxygens (including phenoxy) is 1. The molecule has 16 heavy (non-hydrogen) atoms. The largest absolute Gasteiger partial charge is 0.466 e. The van der Waals surface area contributed by atoms with Gasteiger partial charge in [0.1, 0.15) is 14.0 Å².